The molecular weight excluding hydrogens is 226 g/mol. The Morgan fingerprint density at radius 1 is 1.33 bits per heavy atom. The van der Waals surface area contributed by atoms with Gasteiger partial charge in [-0.3, -0.25) is 4.79 Å². The number of amides is 1. The first-order valence-electron chi connectivity index (χ1n) is 7.15. The monoisotopic (exact) mass is 255 g/mol. The number of nitrogens with two attached hydrogens (primary N) is 1. The minimum Gasteiger partial charge on any atom is -0.354 e. The van der Waals surface area contributed by atoms with Crippen LogP contribution in [0.1, 0.15) is 39.5 Å². The second kappa shape index (κ2) is 6.53. The second-order valence-corrected chi connectivity index (χ2v) is 5.80. The molecule has 0 aromatic carbocycles. The van der Waals surface area contributed by atoms with Crippen LogP contribution in [0.2, 0.25) is 0 Å². The Bertz CT molecular complexity index is 270. The number of likely N-dealkylation sites (N-methyl/N-ethyl adjacent to an activating group) is 1. The molecule has 1 unspecified atom stereocenters. The number of carbonyl (C=O) groups is 1. The maximum atomic E-state index is 12.1. The van der Waals surface area contributed by atoms with Gasteiger partial charge >= 0.3 is 0 Å². The van der Waals surface area contributed by atoms with Gasteiger partial charge in [0.05, 0.1) is 5.41 Å². The molecule has 0 saturated heterocycles. The number of nitrogens with zero attached hydrogens (tertiary/aromatic N) is 1. The van der Waals surface area contributed by atoms with Gasteiger partial charge in [0.2, 0.25) is 5.91 Å². The van der Waals surface area contributed by atoms with E-state index < -0.39 is 0 Å². The topological polar surface area (TPSA) is 58.4 Å². The Labute approximate surface area is 111 Å². The van der Waals surface area contributed by atoms with Gasteiger partial charge in [0.1, 0.15) is 0 Å². The molecule has 0 aliphatic heterocycles. The third-order valence-corrected chi connectivity index (χ3v) is 4.45. The van der Waals surface area contributed by atoms with E-state index in [9.17, 15) is 4.79 Å². The molecular formula is C14H29N3O. The van der Waals surface area contributed by atoms with E-state index in [1.807, 2.05) is 0 Å². The summed E-state index contributed by atoms with van der Waals surface area (Å²) < 4.78 is 0. The van der Waals surface area contributed by atoms with Crippen LogP contribution in [0.3, 0.4) is 0 Å². The van der Waals surface area contributed by atoms with Gasteiger partial charge in [-0.25, -0.2) is 0 Å². The summed E-state index contributed by atoms with van der Waals surface area (Å²) >= 11 is 0. The Kier molecular flexibility index (Phi) is 5.60. The summed E-state index contributed by atoms with van der Waals surface area (Å²) in [6.45, 7) is 5.65. The first-order valence-corrected chi connectivity index (χ1v) is 7.15. The fraction of sp³-hybridized carbons (Fsp3) is 0.929. The molecule has 106 valence electrons. The average molecular weight is 255 g/mol. The van der Waals surface area contributed by atoms with Gasteiger partial charge in [-0.2, -0.15) is 0 Å². The molecule has 0 radical (unpaired) electrons. The summed E-state index contributed by atoms with van der Waals surface area (Å²) in [5, 5.41) is 3.11. The zero-order valence-corrected chi connectivity index (χ0v) is 12.3. The molecule has 18 heavy (non-hydrogen) atoms. The lowest BCUT2D eigenvalue weighted by atomic mass is 9.93. The van der Waals surface area contributed by atoms with Gasteiger partial charge in [-0.1, -0.05) is 26.7 Å². The molecule has 1 fully saturated rings. The van der Waals surface area contributed by atoms with E-state index >= 15 is 0 Å². The van der Waals surface area contributed by atoms with Crippen LogP contribution in [0, 0.1) is 11.3 Å². The third-order valence-electron chi connectivity index (χ3n) is 4.45. The zero-order chi connectivity index (χ0) is 13.8. The van der Waals surface area contributed by atoms with E-state index in [2.05, 4.69) is 38.2 Å². The van der Waals surface area contributed by atoms with Crippen molar-refractivity contribution < 1.29 is 4.79 Å². The van der Waals surface area contributed by atoms with E-state index in [0.29, 0.717) is 18.5 Å². The molecule has 4 heteroatoms. The molecule has 0 bridgehead atoms. The molecule has 1 saturated carbocycles. The van der Waals surface area contributed by atoms with Crippen LogP contribution in [-0.2, 0) is 4.79 Å². The lowest BCUT2D eigenvalue weighted by Crippen LogP contribution is -2.47. The van der Waals surface area contributed by atoms with E-state index in [1.165, 1.54) is 0 Å². The van der Waals surface area contributed by atoms with E-state index in [4.69, 9.17) is 5.73 Å². The number of rotatable bonds is 8. The maximum Gasteiger partial charge on any atom is 0.227 e. The molecule has 1 amide bonds. The SMILES string of the molecule is CCC(CC)C(CNC(=O)C1(CN)CC1)N(C)C. The molecule has 4 nitrogen and oxygen atoms in total. The van der Waals surface area contributed by atoms with E-state index in [1.54, 1.807) is 0 Å². The second-order valence-electron chi connectivity index (χ2n) is 5.80. The Hall–Kier alpha value is -0.610. The Morgan fingerprint density at radius 3 is 2.22 bits per heavy atom. The first kappa shape index (κ1) is 15.4. The molecule has 0 aromatic heterocycles. The minimum absolute atomic E-state index is 0.155. The van der Waals surface area contributed by atoms with Gasteiger partial charge in [-0.15, -0.1) is 0 Å². The summed E-state index contributed by atoms with van der Waals surface area (Å²) in [5.41, 5.74) is 5.45. The highest BCUT2D eigenvalue weighted by Crippen LogP contribution is 2.44. The highest BCUT2D eigenvalue weighted by molar-refractivity contribution is 5.85. The van der Waals surface area contributed by atoms with Crippen LogP contribution in [0.25, 0.3) is 0 Å². The predicted molar refractivity (Wildman–Crippen MR) is 75.3 cm³/mol. The van der Waals surface area contributed by atoms with E-state index in [0.717, 1.165) is 32.2 Å². The number of hydrogen-bond donors (Lipinski definition) is 2. The van der Waals surface area contributed by atoms with Crippen molar-refractivity contribution in [1.82, 2.24) is 10.2 Å². The highest BCUT2D eigenvalue weighted by Gasteiger charge is 2.48. The van der Waals surface area contributed by atoms with Crippen molar-refractivity contribution in [2.75, 3.05) is 27.2 Å². The fourth-order valence-corrected chi connectivity index (χ4v) is 2.66. The Morgan fingerprint density at radius 2 is 1.89 bits per heavy atom. The van der Waals surface area contributed by atoms with Crippen molar-refractivity contribution in [3.05, 3.63) is 0 Å². The molecule has 1 rings (SSSR count). The van der Waals surface area contributed by atoms with Crippen LogP contribution in [0.4, 0.5) is 0 Å². The lowest BCUT2D eigenvalue weighted by Gasteiger charge is -2.32. The fourth-order valence-electron chi connectivity index (χ4n) is 2.66. The van der Waals surface area contributed by atoms with Crippen molar-refractivity contribution in [1.29, 1.82) is 0 Å². The highest BCUT2D eigenvalue weighted by atomic mass is 16.2. The molecule has 1 aliphatic carbocycles. The van der Waals surface area contributed by atoms with Gasteiger partial charge in [-0.05, 0) is 32.9 Å². The molecule has 0 aromatic rings. The van der Waals surface area contributed by atoms with Crippen molar-refractivity contribution in [3.8, 4) is 0 Å². The summed E-state index contributed by atoms with van der Waals surface area (Å²) in [7, 11) is 4.18. The van der Waals surface area contributed by atoms with Crippen molar-refractivity contribution >= 4 is 5.91 Å². The van der Waals surface area contributed by atoms with Crippen LogP contribution in [0.15, 0.2) is 0 Å². The summed E-state index contributed by atoms with van der Waals surface area (Å²) in [6, 6.07) is 0.414. The number of nitrogens with one attached hydrogen (secondary N) is 1. The average Bonchev–Trinajstić information content (AvgIpc) is 3.14. The predicted octanol–water partition coefficient (Wildman–Crippen LogP) is 1.21. The van der Waals surface area contributed by atoms with Gasteiger partial charge < -0.3 is 16.0 Å². The molecule has 0 spiro atoms. The largest absolute Gasteiger partial charge is 0.354 e. The lowest BCUT2D eigenvalue weighted by molar-refractivity contribution is -0.126. The first-order chi connectivity index (χ1) is 8.50. The third kappa shape index (κ3) is 3.45. The van der Waals surface area contributed by atoms with Crippen molar-refractivity contribution in [2.24, 2.45) is 17.1 Å². The maximum absolute atomic E-state index is 12.1. The summed E-state index contributed by atoms with van der Waals surface area (Å²) in [6.07, 6.45) is 4.20. The van der Waals surface area contributed by atoms with Gasteiger partial charge in [0.15, 0.2) is 0 Å². The molecule has 3 N–H and O–H groups in total. The van der Waals surface area contributed by atoms with Crippen molar-refractivity contribution in [3.63, 3.8) is 0 Å². The standard InChI is InChI=1S/C14H29N3O/c1-5-11(6-2)12(17(3)4)9-16-13(18)14(10-15)7-8-14/h11-12H,5-10,15H2,1-4H3,(H,16,18). The zero-order valence-electron chi connectivity index (χ0n) is 12.3. The molecule has 1 aliphatic rings. The summed E-state index contributed by atoms with van der Waals surface area (Å²) in [5.74, 6) is 0.788. The molecule has 0 heterocycles. The Balaban J connectivity index is 2.50. The van der Waals surface area contributed by atoms with Crippen LogP contribution in [-0.4, -0.2) is 44.0 Å². The minimum atomic E-state index is -0.231. The van der Waals surface area contributed by atoms with Gasteiger partial charge in [0.25, 0.3) is 0 Å². The smallest absolute Gasteiger partial charge is 0.227 e. The van der Waals surface area contributed by atoms with Crippen LogP contribution >= 0.6 is 0 Å². The van der Waals surface area contributed by atoms with Gasteiger partial charge in [0, 0.05) is 19.1 Å². The van der Waals surface area contributed by atoms with E-state index in [-0.39, 0.29) is 11.3 Å². The molecule has 1 atom stereocenters. The normalized spacial score (nSPS) is 19.1. The summed E-state index contributed by atoms with van der Waals surface area (Å²) in [4.78, 5) is 14.3. The number of hydrogen-bond acceptors (Lipinski definition) is 3. The van der Waals surface area contributed by atoms with Crippen molar-refractivity contribution in [2.45, 2.75) is 45.6 Å². The quantitative estimate of drug-likeness (QED) is 0.685. The number of carbonyl (C=O) groups excluding carboxylic acids is 1. The van der Waals surface area contributed by atoms with Crippen LogP contribution < -0.4 is 11.1 Å². The van der Waals surface area contributed by atoms with Crippen LogP contribution in [0.5, 0.6) is 0 Å².